The van der Waals surface area contributed by atoms with E-state index in [2.05, 4.69) is 6.92 Å². The van der Waals surface area contributed by atoms with Crippen LogP contribution in [0.15, 0.2) is 0 Å². The number of aliphatic hydroxyl groups is 1. The van der Waals surface area contributed by atoms with Gasteiger partial charge in [-0.3, -0.25) is 0 Å². The molecular formula is C24H42O2. The summed E-state index contributed by atoms with van der Waals surface area (Å²) < 4.78 is 6.64. The lowest BCUT2D eigenvalue weighted by Crippen LogP contribution is -2.47. The molecule has 0 spiro atoms. The van der Waals surface area contributed by atoms with Crippen molar-refractivity contribution < 1.29 is 9.84 Å². The summed E-state index contributed by atoms with van der Waals surface area (Å²) in [5.74, 6) is 5.70. The molecule has 4 fully saturated rings. The zero-order chi connectivity index (χ0) is 17.9. The van der Waals surface area contributed by atoms with Crippen LogP contribution in [0.1, 0.15) is 96.8 Å². The van der Waals surface area contributed by atoms with Crippen LogP contribution in [0.5, 0.6) is 0 Å². The topological polar surface area (TPSA) is 29.5 Å². The molecule has 6 atom stereocenters. The monoisotopic (exact) mass is 362 g/mol. The Kier molecular flexibility index (Phi) is 6.62. The summed E-state index contributed by atoms with van der Waals surface area (Å²) in [5, 5.41) is 9.88. The van der Waals surface area contributed by atoms with Crippen LogP contribution in [0.4, 0.5) is 0 Å². The van der Waals surface area contributed by atoms with Crippen molar-refractivity contribution in [2.24, 2.45) is 35.5 Å². The van der Waals surface area contributed by atoms with Gasteiger partial charge in [0, 0.05) is 0 Å². The van der Waals surface area contributed by atoms with E-state index in [4.69, 9.17) is 4.74 Å². The maximum Gasteiger partial charge on any atom is 0.0575 e. The Morgan fingerprint density at radius 2 is 1.42 bits per heavy atom. The van der Waals surface area contributed by atoms with Crippen molar-refractivity contribution in [3.8, 4) is 0 Å². The third-order valence-electron chi connectivity index (χ3n) is 8.77. The van der Waals surface area contributed by atoms with Gasteiger partial charge in [0.15, 0.2) is 0 Å². The third kappa shape index (κ3) is 4.32. The maximum absolute atomic E-state index is 9.88. The van der Waals surface area contributed by atoms with Crippen LogP contribution in [-0.2, 0) is 4.74 Å². The average molecular weight is 363 g/mol. The number of hydrogen-bond donors (Lipinski definition) is 1. The molecule has 1 N–H and O–H groups in total. The summed E-state index contributed by atoms with van der Waals surface area (Å²) in [6, 6.07) is 0. The Bertz CT molecular complexity index is 426. The lowest BCUT2D eigenvalue weighted by Gasteiger charge is -2.53. The lowest BCUT2D eigenvalue weighted by atomic mass is 9.53. The fraction of sp³-hybridized carbons (Fsp3) is 1.00. The molecule has 2 nitrogen and oxygen atoms in total. The van der Waals surface area contributed by atoms with Gasteiger partial charge in [-0.1, -0.05) is 39.0 Å². The van der Waals surface area contributed by atoms with E-state index in [1.807, 2.05) is 0 Å². The third-order valence-corrected chi connectivity index (χ3v) is 8.77. The van der Waals surface area contributed by atoms with Crippen molar-refractivity contribution in [1.82, 2.24) is 0 Å². The number of aliphatic hydroxyl groups excluding tert-OH is 1. The van der Waals surface area contributed by atoms with Gasteiger partial charge < -0.3 is 9.84 Å². The molecule has 5 unspecified atom stereocenters. The fourth-order valence-corrected chi connectivity index (χ4v) is 7.34. The predicted octanol–water partition coefficient (Wildman–Crippen LogP) is 5.97. The molecule has 150 valence electrons. The number of ether oxygens (including phenoxy) is 1. The maximum atomic E-state index is 9.88. The highest BCUT2D eigenvalue weighted by Gasteiger charge is 2.47. The van der Waals surface area contributed by atoms with Crippen LogP contribution in [-0.4, -0.2) is 23.9 Å². The summed E-state index contributed by atoms with van der Waals surface area (Å²) in [6.45, 7) is 3.58. The van der Waals surface area contributed by atoms with Crippen molar-refractivity contribution >= 4 is 0 Å². The zero-order valence-corrected chi connectivity index (χ0v) is 17.1. The molecule has 0 bridgehead atoms. The molecule has 0 aliphatic heterocycles. The number of fused-ring (bicyclic) bond motifs is 2. The van der Waals surface area contributed by atoms with E-state index in [-0.39, 0.29) is 6.10 Å². The molecule has 4 aliphatic carbocycles. The molecule has 4 aliphatic rings. The molecule has 26 heavy (non-hydrogen) atoms. The molecule has 0 aromatic heterocycles. The van der Waals surface area contributed by atoms with E-state index >= 15 is 0 Å². The van der Waals surface area contributed by atoms with E-state index in [1.165, 1.54) is 64.2 Å². The molecule has 4 rings (SSSR count). The molecule has 0 radical (unpaired) electrons. The molecule has 4 saturated carbocycles. The minimum Gasteiger partial charge on any atom is -0.393 e. The fourth-order valence-electron chi connectivity index (χ4n) is 7.34. The summed E-state index contributed by atoms with van der Waals surface area (Å²) in [5.41, 5.74) is 0. The first-order chi connectivity index (χ1) is 12.7. The molecule has 0 amide bonds. The van der Waals surface area contributed by atoms with Gasteiger partial charge in [0.1, 0.15) is 0 Å². The molecule has 0 saturated heterocycles. The van der Waals surface area contributed by atoms with Crippen LogP contribution >= 0.6 is 0 Å². The van der Waals surface area contributed by atoms with Crippen molar-refractivity contribution in [3.63, 3.8) is 0 Å². The van der Waals surface area contributed by atoms with Crippen molar-refractivity contribution in [1.29, 1.82) is 0 Å². The summed E-state index contributed by atoms with van der Waals surface area (Å²) in [7, 11) is 0. The summed E-state index contributed by atoms with van der Waals surface area (Å²) >= 11 is 0. The van der Waals surface area contributed by atoms with E-state index in [9.17, 15) is 5.11 Å². The second-order valence-electron chi connectivity index (χ2n) is 10.3. The minimum atomic E-state index is -0.0539. The Hall–Kier alpha value is -0.0800. The van der Waals surface area contributed by atoms with Crippen molar-refractivity contribution in [3.05, 3.63) is 0 Å². The van der Waals surface area contributed by atoms with Gasteiger partial charge >= 0.3 is 0 Å². The predicted molar refractivity (Wildman–Crippen MR) is 107 cm³/mol. The smallest absolute Gasteiger partial charge is 0.0575 e. The molecule has 2 heteroatoms. The first kappa shape index (κ1) is 19.2. The first-order valence-electron chi connectivity index (χ1n) is 12.0. The van der Waals surface area contributed by atoms with Crippen LogP contribution in [0.3, 0.4) is 0 Å². The largest absolute Gasteiger partial charge is 0.393 e. The van der Waals surface area contributed by atoms with Gasteiger partial charge in [0.05, 0.1) is 18.8 Å². The van der Waals surface area contributed by atoms with Gasteiger partial charge in [-0.05, 0) is 93.3 Å². The second kappa shape index (κ2) is 8.95. The second-order valence-corrected chi connectivity index (χ2v) is 10.3. The van der Waals surface area contributed by atoms with Gasteiger partial charge in [-0.15, -0.1) is 0 Å². The van der Waals surface area contributed by atoms with Crippen LogP contribution in [0.2, 0.25) is 0 Å². The quantitative estimate of drug-likeness (QED) is 0.670. The van der Waals surface area contributed by atoms with E-state index in [0.29, 0.717) is 6.10 Å². The van der Waals surface area contributed by atoms with E-state index in [0.717, 1.165) is 67.8 Å². The van der Waals surface area contributed by atoms with Crippen LogP contribution in [0.25, 0.3) is 0 Å². The van der Waals surface area contributed by atoms with Crippen molar-refractivity contribution in [2.45, 2.75) is 109 Å². The standard InChI is InChI=1S/C24H42O2/c1-17-7-4-14-22-23(17)15-18-8-2-3-13-21(18)24(22)16-26-20-11-5-9-19(25)10-6-12-20/h17-25H,2-16H2,1H3/t17-,18?,19?,20?,21?,22?,23?,24?/m1/s1. The highest BCUT2D eigenvalue weighted by atomic mass is 16.5. The van der Waals surface area contributed by atoms with Gasteiger partial charge in [-0.2, -0.15) is 0 Å². The number of rotatable bonds is 3. The zero-order valence-electron chi connectivity index (χ0n) is 17.1. The first-order valence-corrected chi connectivity index (χ1v) is 12.0. The van der Waals surface area contributed by atoms with Gasteiger partial charge in [-0.25, -0.2) is 0 Å². The van der Waals surface area contributed by atoms with E-state index in [1.54, 1.807) is 0 Å². The summed E-state index contributed by atoms with van der Waals surface area (Å²) in [6.07, 6.45) is 18.9. The highest BCUT2D eigenvalue weighted by molar-refractivity contribution is 4.96. The van der Waals surface area contributed by atoms with Gasteiger partial charge in [0.25, 0.3) is 0 Å². The number of hydrogen-bond acceptors (Lipinski definition) is 2. The Labute approximate surface area is 161 Å². The lowest BCUT2D eigenvalue weighted by molar-refractivity contribution is -0.0883. The summed E-state index contributed by atoms with van der Waals surface area (Å²) in [4.78, 5) is 0. The Morgan fingerprint density at radius 1 is 0.731 bits per heavy atom. The van der Waals surface area contributed by atoms with Crippen LogP contribution < -0.4 is 0 Å². The minimum absolute atomic E-state index is 0.0539. The molecular weight excluding hydrogens is 320 g/mol. The molecule has 0 heterocycles. The molecule has 0 aromatic rings. The SMILES string of the molecule is C[C@@H]1CCCC2C(COC3CCCC(O)CCC3)C3CCCCC3CC21. The Balaban J connectivity index is 1.40. The molecule has 0 aromatic carbocycles. The van der Waals surface area contributed by atoms with Crippen LogP contribution in [0, 0.1) is 35.5 Å². The average Bonchev–Trinajstić information content (AvgIpc) is 2.63. The Morgan fingerprint density at radius 3 is 2.23 bits per heavy atom. The van der Waals surface area contributed by atoms with Crippen molar-refractivity contribution in [2.75, 3.05) is 6.61 Å². The van der Waals surface area contributed by atoms with E-state index < -0.39 is 0 Å². The highest BCUT2D eigenvalue weighted by Crippen LogP contribution is 2.54. The van der Waals surface area contributed by atoms with Gasteiger partial charge in [0.2, 0.25) is 0 Å². The normalized spacial score (nSPS) is 47.3.